The Morgan fingerprint density at radius 1 is 1.29 bits per heavy atom. The average molecular weight is 330 g/mol. The number of aryl methyl sites for hydroxylation is 1. The molecule has 0 bridgehead atoms. The van der Waals surface area contributed by atoms with Crippen LogP contribution in [0.4, 0.5) is 0 Å². The summed E-state index contributed by atoms with van der Waals surface area (Å²) in [6, 6.07) is 7.44. The van der Waals surface area contributed by atoms with Crippen molar-refractivity contribution in [2.45, 2.75) is 46.2 Å². The molecular formula is C18H26N4O2. The van der Waals surface area contributed by atoms with Crippen LogP contribution in [0.3, 0.4) is 0 Å². The molecule has 2 atom stereocenters. The molecule has 1 aromatic heterocycles. The largest absolute Gasteiger partial charge is 0.340 e. The minimum Gasteiger partial charge on any atom is -0.340 e. The summed E-state index contributed by atoms with van der Waals surface area (Å²) in [5, 5.41) is 10.2. The maximum atomic E-state index is 12.5. The number of amides is 1. The zero-order valence-electron chi connectivity index (χ0n) is 15.0. The Bertz CT molecular complexity index is 681. The second-order valence-electron chi connectivity index (χ2n) is 6.51. The lowest BCUT2D eigenvalue weighted by atomic mass is 10.0. The molecule has 0 aliphatic rings. The number of aromatic nitrogens is 2. The number of nitrogens with one attached hydrogen (secondary N) is 2. The number of carbonyl (C=O) groups excluding carboxylic acids is 1. The predicted molar refractivity (Wildman–Crippen MR) is 92.7 cm³/mol. The third-order valence-corrected chi connectivity index (χ3v) is 3.96. The number of carbonyl (C=O) groups is 1. The van der Waals surface area contributed by atoms with Gasteiger partial charge in [-0.2, -0.15) is 4.98 Å². The van der Waals surface area contributed by atoms with Crippen molar-refractivity contribution in [2.75, 3.05) is 7.05 Å². The summed E-state index contributed by atoms with van der Waals surface area (Å²) < 4.78 is 5.39. The Morgan fingerprint density at radius 2 is 2.04 bits per heavy atom. The lowest BCUT2D eigenvalue weighted by Gasteiger charge is -2.18. The van der Waals surface area contributed by atoms with E-state index in [9.17, 15) is 4.79 Å². The van der Waals surface area contributed by atoms with Crippen LogP contribution in [-0.2, 0) is 6.42 Å². The molecule has 24 heavy (non-hydrogen) atoms. The first-order valence-corrected chi connectivity index (χ1v) is 8.28. The molecule has 0 fully saturated rings. The molecule has 0 saturated carbocycles. The smallest absolute Gasteiger partial charge is 0.251 e. The quantitative estimate of drug-likeness (QED) is 0.816. The second-order valence-corrected chi connectivity index (χ2v) is 6.51. The summed E-state index contributed by atoms with van der Waals surface area (Å²) >= 11 is 0. The fraction of sp³-hybridized carbons (Fsp3) is 0.500. The van der Waals surface area contributed by atoms with Gasteiger partial charge in [-0.05, 0) is 38.9 Å². The summed E-state index contributed by atoms with van der Waals surface area (Å²) in [5.41, 5.74) is 1.68. The van der Waals surface area contributed by atoms with Gasteiger partial charge >= 0.3 is 0 Å². The summed E-state index contributed by atoms with van der Waals surface area (Å²) in [4.78, 5) is 17.0. The molecule has 0 saturated heterocycles. The first kappa shape index (κ1) is 18.1. The van der Waals surface area contributed by atoms with Gasteiger partial charge < -0.3 is 15.2 Å². The molecule has 2 rings (SSSR count). The van der Waals surface area contributed by atoms with Crippen LogP contribution in [0.25, 0.3) is 0 Å². The fourth-order valence-electron chi connectivity index (χ4n) is 2.38. The Morgan fingerprint density at radius 3 is 2.67 bits per heavy atom. The van der Waals surface area contributed by atoms with E-state index in [0.717, 1.165) is 5.56 Å². The number of nitrogens with zero attached hydrogens (tertiary/aromatic N) is 2. The highest BCUT2D eigenvalue weighted by atomic mass is 16.5. The Labute approximate surface area is 143 Å². The molecule has 0 radical (unpaired) electrons. The molecule has 6 heteroatoms. The van der Waals surface area contributed by atoms with Gasteiger partial charge in [0.15, 0.2) is 5.82 Å². The fourth-order valence-corrected chi connectivity index (χ4v) is 2.38. The molecule has 0 aliphatic heterocycles. The van der Waals surface area contributed by atoms with E-state index in [1.54, 1.807) is 6.07 Å². The molecule has 2 unspecified atom stereocenters. The maximum Gasteiger partial charge on any atom is 0.251 e. The van der Waals surface area contributed by atoms with Crippen LogP contribution < -0.4 is 10.6 Å². The zero-order valence-corrected chi connectivity index (χ0v) is 15.0. The van der Waals surface area contributed by atoms with Crippen LogP contribution in [0.1, 0.15) is 54.4 Å². The highest BCUT2D eigenvalue weighted by Gasteiger charge is 2.25. The molecule has 130 valence electrons. The lowest BCUT2D eigenvalue weighted by Crippen LogP contribution is -2.32. The van der Waals surface area contributed by atoms with Gasteiger partial charge in [-0.1, -0.05) is 36.7 Å². The van der Waals surface area contributed by atoms with E-state index in [-0.39, 0.29) is 23.9 Å². The minimum atomic E-state index is -0.316. The Hall–Kier alpha value is -2.21. The molecule has 1 aromatic carbocycles. The maximum absolute atomic E-state index is 12.5. The van der Waals surface area contributed by atoms with Crippen LogP contribution >= 0.6 is 0 Å². The highest BCUT2D eigenvalue weighted by Crippen LogP contribution is 2.21. The number of rotatable bonds is 7. The van der Waals surface area contributed by atoms with Crippen molar-refractivity contribution >= 4 is 5.91 Å². The van der Waals surface area contributed by atoms with Crippen LogP contribution in [-0.4, -0.2) is 29.1 Å². The molecule has 0 aliphatic carbocycles. The van der Waals surface area contributed by atoms with Crippen LogP contribution in [0.5, 0.6) is 0 Å². The zero-order chi connectivity index (χ0) is 17.7. The van der Waals surface area contributed by atoms with Crippen LogP contribution in [0, 0.1) is 12.8 Å². The number of hydrogen-bond donors (Lipinski definition) is 2. The standard InChI is InChI=1S/C18H26N4O2/c1-11(2)16(18-20-15(22-24-18)10-13(4)19-5)21-17(23)14-8-6-7-12(3)9-14/h6-9,11,13,16,19H,10H2,1-5H3,(H,21,23). The SMILES string of the molecule is CNC(C)Cc1noc(C(NC(=O)c2cccc(C)c2)C(C)C)n1. The third kappa shape index (κ3) is 4.64. The first-order valence-electron chi connectivity index (χ1n) is 8.28. The van der Waals surface area contributed by atoms with Gasteiger partial charge in [-0.15, -0.1) is 0 Å². The Balaban J connectivity index is 2.13. The van der Waals surface area contributed by atoms with Crippen molar-refractivity contribution in [1.82, 2.24) is 20.8 Å². The molecule has 0 spiro atoms. The molecule has 2 N–H and O–H groups in total. The van der Waals surface area contributed by atoms with Gasteiger partial charge in [0, 0.05) is 18.0 Å². The van der Waals surface area contributed by atoms with Crippen molar-refractivity contribution in [3.05, 3.63) is 47.1 Å². The van der Waals surface area contributed by atoms with Crippen molar-refractivity contribution in [3.63, 3.8) is 0 Å². The number of likely N-dealkylation sites (N-methyl/N-ethyl adjacent to an activating group) is 1. The normalized spacial score (nSPS) is 13.8. The molecule has 1 amide bonds. The van der Waals surface area contributed by atoms with Crippen molar-refractivity contribution in [3.8, 4) is 0 Å². The lowest BCUT2D eigenvalue weighted by molar-refractivity contribution is 0.0914. The van der Waals surface area contributed by atoms with Crippen LogP contribution in [0.2, 0.25) is 0 Å². The van der Waals surface area contributed by atoms with E-state index in [1.807, 2.05) is 46.0 Å². The van der Waals surface area contributed by atoms with Gasteiger partial charge in [0.05, 0.1) is 0 Å². The van der Waals surface area contributed by atoms with Gasteiger partial charge in [-0.25, -0.2) is 0 Å². The van der Waals surface area contributed by atoms with Gasteiger partial charge in [0.25, 0.3) is 5.91 Å². The predicted octanol–water partition coefficient (Wildman–Crippen LogP) is 2.66. The summed E-state index contributed by atoms with van der Waals surface area (Å²) in [6.07, 6.45) is 0.677. The van der Waals surface area contributed by atoms with E-state index in [1.165, 1.54) is 0 Å². The second kappa shape index (κ2) is 8.06. The van der Waals surface area contributed by atoms with Crippen molar-refractivity contribution < 1.29 is 9.32 Å². The molecule has 6 nitrogen and oxygen atoms in total. The highest BCUT2D eigenvalue weighted by molar-refractivity contribution is 5.94. The molecule has 2 aromatic rings. The topological polar surface area (TPSA) is 80.0 Å². The average Bonchev–Trinajstić information content (AvgIpc) is 2.99. The summed E-state index contributed by atoms with van der Waals surface area (Å²) in [6.45, 7) is 8.04. The van der Waals surface area contributed by atoms with Gasteiger partial charge in [-0.3, -0.25) is 4.79 Å². The minimum absolute atomic E-state index is 0.133. The van der Waals surface area contributed by atoms with E-state index in [0.29, 0.717) is 23.7 Å². The third-order valence-electron chi connectivity index (χ3n) is 3.96. The molecule has 1 heterocycles. The van der Waals surface area contributed by atoms with Gasteiger partial charge in [0.2, 0.25) is 5.89 Å². The van der Waals surface area contributed by atoms with Crippen molar-refractivity contribution in [2.24, 2.45) is 5.92 Å². The first-order chi connectivity index (χ1) is 11.4. The molecular weight excluding hydrogens is 304 g/mol. The Kier molecular flexibility index (Phi) is 6.09. The van der Waals surface area contributed by atoms with Crippen molar-refractivity contribution in [1.29, 1.82) is 0 Å². The summed E-state index contributed by atoms with van der Waals surface area (Å²) in [5.74, 6) is 1.08. The van der Waals surface area contributed by atoms with Crippen LogP contribution in [0.15, 0.2) is 28.8 Å². The van der Waals surface area contributed by atoms with E-state index >= 15 is 0 Å². The summed E-state index contributed by atoms with van der Waals surface area (Å²) in [7, 11) is 1.89. The van der Waals surface area contributed by atoms with E-state index in [2.05, 4.69) is 27.7 Å². The monoisotopic (exact) mass is 330 g/mol. The number of benzene rings is 1. The van der Waals surface area contributed by atoms with E-state index < -0.39 is 0 Å². The number of hydrogen-bond acceptors (Lipinski definition) is 5. The van der Waals surface area contributed by atoms with E-state index in [4.69, 9.17) is 4.52 Å². The van der Waals surface area contributed by atoms with Gasteiger partial charge in [0.1, 0.15) is 6.04 Å².